The summed E-state index contributed by atoms with van der Waals surface area (Å²) in [6.07, 6.45) is 8.96. The summed E-state index contributed by atoms with van der Waals surface area (Å²) in [6.45, 7) is 8.74. The van der Waals surface area contributed by atoms with Gasteiger partial charge in [-0.15, -0.1) is 0 Å². The Balaban J connectivity index is 0.000000614. The third kappa shape index (κ3) is 5.10. The second-order valence-corrected chi connectivity index (χ2v) is 5.70. The van der Waals surface area contributed by atoms with E-state index in [0.29, 0.717) is 0 Å². The first-order valence-electron chi connectivity index (χ1n) is 10.0. The van der Waals surface area contributed by atoms with Crippen molar-refractivity contribution in [1.82, 2.24) is 4.90 Å². The van der Waals surface area contributed by atoms with Crippen molar-refractivity contribution in [2.45, 2.75) is 40.5 Å². The summed E-state index contributed by atoms with van der Waals surface area (Å²) in [5.41, 5.74) is 3.49. The number of anilines is 1. The maximum atomic E-state index is 4.89. The van der Waals surface area contributed by atoms with Gasteiger partial charge in [-0.1, -0.05) is 88.4 Å². The van der Waals surface area contributed by atoms with Crippen molar-refractivity contribution in [3.8, 4) is 0 Å². The SMILES string of the molecule is C1=CC(N2CN(c3ccccc3)N=C2c2ccccc2)=CCC1.CC.CC. The molecule has 0 amide bonds. The number of nitrogens with zero attached hydrogens (tertiary/aromatic N) is 3. The fraction of sp³-hybridized carbons (Fsp3) is 0.292. The molecule has 3 heteroatoms. The number of amidine groups is 1. The molecule has 0 aromatic heterocycles. The minimum absolute atomic E-state index is 0.740. The molecule has 1 aliphatic heterocycles. The summed E-state index contributed by atoms with van der Waals surface area (Å²) in [5.74, 6) is 1.01. The molecule has 1 heterocycles. The summed E-state index contributed by atoms with van der Waals surface area (Å²) in [7, 11) is 0. The molecular weight excluding hydrogens is 330 g/mol. The van der Waals surface area contributed by atoms with Crippen LogP contribution in [0.1, 0.15) is 46.1 Å². The molecule has 3 nitrogen and oxygen atoms in total. The standard InChI is InChI=1S/C20H19N3.2C2H6/c1-4-10-17(11-5-1)20-21-23(19-14-8-3-9-15-19)16-22(20)18-12-6-2-7-13-18;2*1-2/h1,3-6,8-15H,2,7,16H2;2*1-2H3. The van der Waals surface area contributed by atoms with Gasteiger partial charge in [-0.2, -0.15) is 5.10 Å². The molecule has 0 saturated heterocycles. The van der Waals surface area contributed by atoms with Gasteiger partial charge in [0.15, 0.2) is 5.84 Å². The normalized spacial score (nSPS) is 15.1. The molecular formula is C24H31N3. The number of para-hydroxylation sites is 1. The molecule has 4 rings (SSSR count). The van der Waals surface area contributed by atoms with Crippen molar-refractivity contribution < 1.29 is 0 Å². The largest absolute Gasteiger partial charge is 0.305 e. The molecule has 0 bridgehead atoms. The zero-order valence-corrected chi connectivity index (χ0v) is 17.0. The van der Waals surface area contributed by atoms with Crippen molar-refractivity contribution in [2.75, 3.05) is 11.7 Å². The number of hydrazone groups is 1. The average molecular weight is 362 g/mol. The second kappa shape index (κ2) is 11.0. The van der Waals surface area contributed by atoms with Crippen LogP contribution in [-0.2, 0) is 0 Å². The quantitative estimate of drug-likeness (QED) is 0.628. The Morgan fingerprint density at radius 1 is 0.778 bits per heavy atom. The van der Waals surface area contributed by atoms with Gasteiger partial charge in [0.25, 0.3) is 0 Å². The maximum absolute atomic E-state index is 4.89. The Bertz CT molecular complexity index is 761. The number of benzene rings is 2. The molecule has 0 fully saturated rings. The van der Waals surface area contributed by atoms with Gasteiger partial charge < -0.3 is 4.90 Å². The van der Waals surface area contributed by atoms with Crippen LogP contribution in [0.5, 0.6) is 0 Å². The first-order chi connectivity index (χ1) is 13.4. The highest BCUT2D eigenvalue weighted by atomic mass is 15.6. The van der Waals surface area contributed by atoms with Crippen molar-refractivity contribution in [1.29, 1.82) is 0 Å². The lowest BCUT2D eigenvalue weighted by molar-refractivity contribution is 0.554. The summed E-state index contributed by atoms with van der Waals surface area (Å²) in [5, 5.41) is 6.95. The number of hydrogen-bond donors (Lipinski definition) is 0. The van der Waals surface area contributed by atoms with Gasteiger partial charge in [-0.25, -0.2) is 5.01 Å². The van der Waals surface area contributed by atoms with Crippen LogP contribution in [0.15, 0.2) is 89.7 Å². The van der Waals surface area contributed by atoms with Gasteiger partial charge in [0.05, 0.1) is 5.69 Å². The number of rotatable bonds is 3. The first kappa shape index (κ1) is 20.5. The van der Waals surface area contributed by atoms with Gasteiger partial charge in [-0.05, 0) is 31.1 Å². The Kier molecular flexibility index (Phi) is 8.37. The zero-order valence-electron chi connectivity index (χ0n) is 17.0. The van der Waals surface area contributed by atoms with Gasteiger partial charge in [0.1, 0.15) is 6.67 Å². The van der Waals surface area contributed by atoms with E-state index in [9.17, 15) is 0 Å². The monoisotopic (exact) mass is 361 g/mol. The van der Waals surface area contributed by atoms with Crippen LogP contribution in [0.2, 0.25) is 0 Å². The van der Waals surface area contributed by atoms with E-state index < -0.39 is 0 Å². The predicted molar refractivity (Wildman–Crippen MR) is 118 cm³/mol. The minimum Gasteiger partial charge on any atom is -0.305 e. The van der Waals surface area contributed by atoms with E-state index in [2.05, 4.69) is 76.7 Å². The van der Waals surface area contributed by atoms with Crippen LogP contribution >= 0.6 is 0 Å². The van der Waals surface area contributed by atoms with Gasteiger partial charge in [-0.3, -0.25) is 0 Å². The molecule has 2 aromatic carbocycles. The Hall–Kier alpha value is -2.81. The lowest BCUT2D eigenvalue weighted by Crippen LogP contribution is -2.30. The molecule has 142 valence electrons. The molecule has 0 radical (unpaired) electrons. The lowest BCUT2D eigenvalue weighted by Gasteiger charge is -2.24. The van der Waals surface area contributed by atoms with Gasteiger partial charge in [0.2, 0.25) is 0 Å². The topological polar surface area (TPSA) is 18.8 Å². The molecule has 0 N–H and O–H groups in total. The summed E-state index contributed by atoms with van der Waals surface area (Å²) >= 11 is 0. The van der Waals surface area contributed by atoms with E-state index in [1.807, 2.05) is 39.8 Å². The molecule has 2 aromatic rings. The third-order valence-electron chi connectivity index (χ3n) is 4.12. The maximum Gasteiger partial charge on any atom is 0.162 e. The summed E-state index contributed by atoms with van der Waals surface area (Å²) in [4.78, 5) is 2.29. The van der Waals surface area contributed by atoms with Crippen molar-refractivity contribution in [3.05, 3.63) is 90.2 Å². The van der Waals surface area contributed by atoms with E-state index in [1.165, 1.54) is 5.70 Å². The number of allylic oxidation sites excluding steroid dienone is 3. The van der Waals surface area contributed by atoms with E-state index in [-0.39, 0.29) is 0 Å². The van der Waals surface area contributed by atoms with Crippen LogP contribution in [0.3, 0.4) is 0 Å². The Morgan fingerprint density at radius 2 is 1.41 bits per heavy atom. The zero-order chi connectivity index (χ0) is 19.5. The van der Waals surface area contributed by atoms with Crippen LogP contribution in [-0.4, -0.2) is 17.4 Å². The van der Waals surface area contributed by atoms with Crippen molar-refractivity contribution in [3.63, 3.8) is 0 Å². The van der Waals surface area contributed by atoms with Crippen molar-refractivity contribution in [2.24, 2.45) is 5.10 Å². The highest BCUT2D eigenvalue weighted by Crippen LogP contribution is 2.26. The smallest absolute Gasteiger partial charge is 0.162 e. The summed E-state index contributed by atoms with van der Waals surface area (Å²) < 4.78 is 0. The molecule has 27 heavy (non-hydrogen) atoms. The summed E-state index contributed by atoms with van der Waals surface area (Å²) in [6, 6.07) is 20.7. The van der Waals surface area contributed by atoms with Crippen LogP contribution in [0.25, 0.3) is 0 Å². The third-order valence-corrected chi connectivity index (χ3v) is 4.12. The highest BCUT2D eigenvalue weighted by molar-refractivity contribution is 6.02. The fourth-order valence-corrected chi connectivity index (χ4v) is 2.94. The van der Waals surface area contributed by atoms with Crippen LogP contribution in [0.4, 0.5) is 5.69 Å². The molecule has 2 aliphatic rings. The number of hydrogen-bond acceptors (Lipinski definition) is 3. The molecule has 0 unspecified atom stereocenters. The van der Waals surface area contributed by atoms with Crippen LogP contribution < -0.4 is 5.01 Å². The van der Waals surface area contributed by atoms with E-state index in [4.69, 9.17) is 5.10 Å². The average Bonchev–Trinajstić information content (AvgIpc) is 3.24. The van der Waals surface area contributed by atoms with E-state index >= 15 is 0 Å². The molecule has 1 aliphatic carbocycles. The highest BCUT2D eigenvalue weighted by Gasteiger charge is 2.27. The van der Waals surface area contributed by atoms with Gasteiger partial charge >= 0.3 is 0 Å². The molecule has 0 atom stereocenters. The minimum atomic E-state index is 0.740. The first-order valence-corrected chi connectivity index (χ1v) is 10.0. The molecule has 0 spiro atoms. The molecule has 0 saturated carbocycles. The van der Waals surface area contributed by atoms with Gasteiger partial charge in [0, 0.05) is 11.3 Å². The second-order valence-electron chi connectivity index (χ2n) is 5.70. The Labute approximate surface area is 164 Å². The van der Waals surface area contributed by atoms with E-state index in [0.717, 1.165) is 36.6 Å². The Morgan fingerprint density at radius 3 is 2.00 bits per heavy atom. The van der Waals surface area contributed by atoms with Crippen LogP contribution in [0, 0.1) is 0 Å². The predicted octanol–water partition coefficient (Wildman–Crippen LogP) is 6.41. The van der Waals surface area contributed by atoms with E-state index in [1.54, 1.807) is 0 Å². The van der Waals surface area contributed by atoms with Crippen molar-refractivity contribution >= 4 is 11.5 Å². The fourth-order valence-electron chi connectivity index (χ4n) is 2.94. The lowest BCUT2D eigenvalue weighted by atomic mass is 10.1.